The molecule has 2 aromatic rings. The number of alkyl carbamates (subject to hydrolysis) is 1. The number of carbonyl (C=O) groups excluding carboxylic acids is 2. The van der Waals surface area contributed by atoms with Crippen molar-refractivity contribution in [2.24, 2.45) is 5.92 Å². The fraction of sp³-hybridized carbons (Fsp3) is 0.444. The van der Waals surface area contributed by atoms with Gasteiger partial charge in [0.25, 0.3) is 0 Å². The van der Waals surface area contributed by atoms with Crippen molar-refractivity contribution in [2.45, 2.75) is 56.2 Å². The molecule has 2 unspecified atom stereocenters. The summed E-state index contributed by atoms with van der Waals surface area (Å²) in [6.45, 7) is 0.259. The number of fused-ring (bicyclic) bond motifs is 3. The van der Waals surface area contributed by atoms with Gasteiger partial charge in [-0.3, -0.25) is 4.79 Å². The van der Waals surface area contributed by atoms with Crippen LogP contribution in [0, 0.1) is 5.92 Å². The van der Waals surface area contributed by atoms with Gasteiger partial charge in [0.2, 0.25) is 5.91 Å². The zero-order valence-electron chi connectivity index (χ0n) is 19.4. The highest BCUT2D eigenvalue weighted by Crippen LogP contribution is 2.44. The number of hydrogen-bond acceptors (Lipinski definition) is 5. The van der Waals surface area contributed by atoms with Gasteiger partial charge in [-0.05, 0) is 41.0 Å². The molecule has 8 nitrogen and oxygen atoms in total. The summed E-state index contributed by atoms with van der Waals surface area (Å²) in [7, 11) is 0. The average Bonchev–Trinajstić information content (AvgIpc) is 3.54. The van der Waals surface area contributed by atoms with Gasteiger partial charge in [-0.25, -0.2) is 9.59 Å². The number of aliphatic hydroxyl groups excluding tert-OH is 1. The van der Waals surface area contributed by atoms with Gasteiger partial charge in [0, 0.05) is 31.3 Å². The van der Waals surface area contributed by atoms with E-state index in [1.807, 2.05) is 24.3 Å². The molecule has 2 fully saturated rings. The third kappa shape index (κ3) is 4.62. The van der Waals surface area contributed by atoms with E-state index in [1.165, 1.54) is 4.90 Å². The Kier molecular flexibility index (Phi) is 6.47. The molecule has 1 heterocycles. The van der Waals surface area contributed by atoms with Crippen molar-refractivity contribution in [3.8, 4) is 11.1 Å². The smallest absolute Gasteiger partial charge is 0.407 e. The number of nitrogens with one attached hydrogen (secondary N) is 1. The number of ether oxygens (including phenoxy) is 1. The molecule has 1 saturated heterocycles. The van der Waals surface area contributed by atoms with E-state index in [4.69, 9.17) is 4.74 Å². The Hall–Kier alpha value is -3.39. The quantitative estimate of drug-likeness (QED) is 0.588. The van der Waals surface area contributed by atoms with Crippen LogP contribution >= 0.6 is 0 Å². The lowest BCUT2D eigenvalue weighted by Crippen LogP contribution is -2.44. The average molecular weight is 479 g/mol. The normalized spacial score (nSPS) is 25.2. The number of carboxylic acid groups (broad SMARTS) is 1. The molecule has 0 bridgehead atoms. The second-order valence-electron chi connectivity index (χ2n) is 9.76. The van der Waals surface area contributed by atoms with Crippen molar-refractivity contribution >= 4 is 18.0 Å². The van der Waals surface area contributed by atoms with Crippen LogP contribution in [-0.4, -0.2) is 64.4 Å². The maximum atomic E-state index is 12.8. The molecule has 2 amide bonds. The molecule has 184 valence electrons. The highest BCUT2D eigenvalue weighted by Gasteiger charge is 2.41. The minimum absolute atomic E-state index is 0.0244. The van der Waals surface area contributed by atoms with Crippen LogP contribution in [0.4, 0.5) is 4.79 Å². The van der Waals surface area contributed by atoms with E-state index in [2.05, 4.69) is 29.6 Å². The number of β-amino-alcohol motifs (C(OH)–C–C–N with tert-alkyl or cyclic N) is 1. The summed E-state index contributed by atoms with van der Waals surface area (Å²) >= 11 is 0. The predicted octanol–water partition coefficient (Wildman–Crippen LogP) is 3.13. The number of benzene rings is 2. The van der Waals surface area contributed by atoms with Crippen LogP contribution in [0.2, 0.25) is 0 Å². The number of rotatable bonds is 6. The molecule has 3 N–H and O–H groups in total. The Balaban J connectivity index is 1.18. The van der Waals surface area contributed by atoms with Crippen molar-refractivity contribution in [3.05, 3.63) is 59.7 Å². The number of amides is 2. The number of nitrogens with zero attached hydrogens (tertiary/aromatic N) is 1. The first-order valence-electron chi connectivity index (χ1n) is 12.2. The third-order valence-electron chi connectivity index (χ3n) is 7.63. The van der Waals surface area contributed by atoms with Crippen LogP contribution in [-0.2, 0) is 14.3 Å². The van der Waals surface area contributed by atoms with Gasteiger partial charge in [-0.2, -0.15) is 0 Å². The molecule has 3 aliphatic rings. The topological polar surface area (TPSA) is 116 Å². The van der Waals surface area contributed by atoms with E-state index in [-0.39, 0.29) is 49.8 Å². The van der Waals surface area contributed by atoms with E-state index in [9.17, 15) is 24.6 Å². The molecular weight excluding hydrogens is 448 g/mol. The van der Waals surface area contributed by atoms with E-state index in [0.717, 1.165) is 41.5 Å². The Bertz CT molecular complexity index is 1090. The molecule has 1 saturated carbocycles. The van der Waals surface area contributed by atoms with Gasteiger partial charge >= 0.3 is 12.1 Å². The molecule has 5 rings (SSSR count). The summed E-state index contributed by atoms with van der Waals surface area (Å²) in [5.41, 5.74) is 4.62. The Morgan fingerprint density at radius 1 is 1.00 bits per heavy atom. The summed E-state index contributed by atoms with van der Waals surface area (Å²) in [4.78, 5) is 38.3. The van der Waals surface area contributed by atoms with E-state index < -0.39 is 24.2 Å². The minimum Gasteiger partial charge on any atom is -0.480 e. The maximum absolute atomic E-state index is 12.8. The van der Waals surface area contributed by atoms with Crippen LogP contribution in [0.25, 0.3) is 11.1 Å². The molecule has 8 heteroatoms. The monoisotopic (exact) mass is 478 g/mol. The van der Waals surface area contributed by atoms with E-state index in [1.54, 1.807) is 0 Å². The summed E-state index contributed by atoms with van der Waals surface area (Å²) < 4.78 is 5.66. The van der Waals surface area contributed by atoms with Crippen molar-refractivity contribution < 1.29 is 29.3 Å². The summed E-state index contributed by atoms with van der Waals surface area (Å²) in [5.74, 6) is -1.51. The lowest BCUT2D eigenvalue weighted by molar-refractivity contribution is -0.148. The molecule has 0 aromatic heterocycles. The highest BCUT2D eigenvalue weighted by molar-refractivity contribution is 5.84. The van der Waals surface area contributed by atoms with Crippen LogP contribution in [0.5, 0.6) is 0 Å². The molecule has 0 radical (unpaired) electrons. The number of aliphatic carboxylic acids is 1. The van der Waals surface area contributed by atoms with Gasteiger partial charge < -0.3 is 25.2 Å². The number of likely N-dealkylation sites (tertiary alicyclic amines) is 1. The zero-order chi connectivity index (χ0) is 24.5. The molecule has 2 aromatic carbocycles. The lowest BCUT2D eigenvalue weighted by atomic mass is 9.98. The summed E-state index contributed by atoms with van der Waals surface area (Å²) in [5, 5.41) is 22.2. The minimum atomic E-state index is -1.10. The van der Waals surface area contributed by atoms with Gasteiger partial charge in [0.05, 0.1) is 6.10 Å². The van der Waals surface area contributed by atoms with Crippen LogP contribution in [0.3, 0.4) is 0 Å². The van der Waals surface area contributed by atoms with Crippen molar-refractivity contribution in [1.29, 1.82) is 0 Å². The number of hydrogen-bond donors (Lipinski definition) is 3. The van der Waals surface area contributed by atoms with Gasteiger partial charge in [-0.1, -0.05) is 55.0 Å². The Labute approximate surface area is 203 Å². The fourth-order valence-corrected chi connectivity index (χ4v) is 5.93. The molecule has 35 heavy (non-hydrogen) atoms. The fourth-order valence-electron chi connectivity index (χ4n) is 5.93. The second kappa shape index (κ2) is 9.70. The van der Waals surface area contributed by atoms with Gasteiger partial charge in [-0.15, -0.1) is 0 Å². The highest BCUT2D eigenvalue weighted by atomic mass is 16.5. The lowest BCUT2D eigenvalue weighted by Gasteiger charge is -2.26. The van der Waals surface area contributed by atoms with Crippen LogP contribution < -0.4 is 5.32 Å². The largest absolute Gasteiger partial charge is 0.480 e. The van der Waals surface area contributed by atoms with Crippen LogP contribution in [0.15, 0.2) is 48.5 Å². The van der Waals surface area contributed by atoms with Gasteiger partial charge in [0.1, 0.15) is 12.6 Å². The molecule has 0 spiro atoms. The van der Waals surface area contributed by atoms with Crippen LogP contribution in [0.1, 0.15) is 49.1 Å². The number of carbonyl (C=O) groups is 3. The Morgan fingerprint density at radius 3 is 2.31 bits per heavy atom. The first kappa shape index (κ1) is 23.4. The summed E-state index contributed by atoms with van der Waals surface area (Å²) in [6.07, 6.45) is 1.26. The van der Waals surface area contributed by atoms with E-state index >= 15 is 0 Å². The first-order valence-corrected chi connectivity index (χ1v) is 12.2. The third-order valence-corrected chi connectivity index (χ3v) is 7.63. The zero-order valence-corrected chi connectivity index (χ0v) is 19.4. The van der Waals surface area contributed by atoms with Crippen molar-refractivity contribution in [1.82, 2.24) is 10.2 Å². The standard InChI is InChI=1S/C27H30N2O6/c30-17-13-24(26(32)33)29(14-17)25(31)12-16-6-5-11-23(16)28-27(34)35-15-22-20-9-3-1-7-18(20)19-8-2-4-10-21(19)22/h1-4,7-10,16-17,22-24,30H,5-6,11-15H2,(H,28,34)(H,32,33)/t16?,17-,23?,24+/m1/s1. The van der Waals surface area contributed by atoms with E-state index in [0.29, 0.717) is 0 Å². The number of aliphatic hydroxyl groups is 1. The molecule has 4 atom stereocenters. The molecule has 2 aliphatic carbocycles. The molecular formula is C27H30N2O6. The second-order valence-corrected chi connectivity index (χ2v) is 9.76. The SMILES string of the molecule is O=C(NC1CCCC1CC(=O)N1C[C@H](O)C[C@H]1C(=O)O)OCC1c2ccccc2-c2ccccc21. The van der Waals surface area contributed by atoms with Crippen molar-refractivity contribution in [2.75, 3.05) is 13.2 Å². The Morgan fingerprint density at radius 2 is 1.66 bits per heavy atom. The summed E-state index contributed by atoms with van der Waals surface area (Å²) in [6, 6.07) is 15.1. The number of carboxylic acids is 1. The van der Waals surface area contributed by atoms with Crippen molar-refractivity contribution in [3.63, 3.8) is 0 Å². The predicted molar refractivity (Wildman–Crippen MR) is 128 cm³/mol. The molecule has 1 aliphatic heterocycles. The first-order chi connectivity index (χ1) is 16.9. The van der Waals surface area contributed by atoms with Gasteiger partial charge in [0.15, 0.2) is 0 Å². The maximum Gasteiger partial charge on any atom is 0.407 e.